The van der Waals surface area contributed by atoms with Gasteiger partial charge in [0.25, 0.3) is 5.69 Å². The number of carbonyl (C=O) groups is 1. The minimum absolute atomic E-state index is 0. The smallest absolute Gasteiger partial charge is 0.280 e. The lowest BCUT2D eigenvalue weighted by Gasteiger charge is -2.11. The molecule has 0 N–H and O–H groups in total. The normalized spacial score (nSPS) is 9.72. The van der Waals surface area contributed by atoms with Crippen molar-refractivity contribution < 1.29 is 9.72 Å². The van der Waals surface area contributed by atoms with Gasteiger partial charge in [-0.3, -0.25) is 14.9 Å². The van der Waals surface area contributed by atoms with E-state index in [1.54, 1.807) is 25.1 Å². The Bertz CT molecular complexity index is 472. The Morgan fingerprint density at radius 3 is 2.44 bits per heavy atom. The number of likely N-dealkylation sites (N-methyl/N-ethyl adjacent to an activating group) is 1. The van der Waals surface area contributed by atoms with Crippen LogP contribution in [0.2, 0.25) is 0 Å². The average molecular weight is 271 g/mol. The summed E-state index contributed by atoms with van der Waals surface area (Å²) in [6.45, 7) is 4.04. The molecule has 0 amide bonds. The first kappa shape index (κ1) is 16.3. The van der Waals surface area contributed by atoms with E-state index in [2.05, 4.69) is 6.58 Å². The van der Waals surface area contributed by atoms with Crippen molar-refractivity contribution in [2.24, 2.45) is 0 Å². The van der Waals surface area contributed by atoms with Crippen molar-refractivity contribution in [1.29, 1.82) is 0 Å². The predicted octanol–water partition coefficient (Wildman–Crippen LogP) is 2.32. The lowest BCUT2D eigenvalue weighted by atomic mass is 10.0. The van der Waals surface area contributed by atoms with Crippen LogP contribution in [0.4, 0.5) is 5.69 Å². The van der Waals surface area contributed by atoms with Gasteiger partial charge < -0.3 is 4.90 Å². The molecule has 98 valence electrons. The van der Waals surface area contributed by atoms with Gasteiger partial charge >= 0.3 is 0 Å². The lowest BCUT2D eigenvalue weighted by Crippen LogP contribution is -2.19. The molecule has 5 nitrogen and oxygen atoms in total. The summed E-state index contributed by atoms with van der Waals surface area (Å²) in [7, 11) is 3.61. The third kappa shape index (κ3) is 3.94. The van der Waals surface area contributed by atoms with E-state index < -0.39 is 4.92 Å². The maximum atomic E-state index is 12.0. The van der Waals surface area contributed by atoms with Gasteiger partial charge in [-0.2, -0.15) is 0 Å². The van der Waals surface area contributed by atoms with Crippen LogP contribution in [0.1, 0.15) is 10.4 Å². The van der Waals surface area contributed by atoms with E-state index in [-0.39, 0.29) is 29.4 Å². The van der Waals surface area contributed by atoms with Crippen molar-refractivity contribution >= 4 is 23.9 Å². The van der Waals surface area contributed by atoms with Crippen LogP contribution in [0, 0.1) is 10.1 Å². The van der Waals surface area contributed by atoms with Crippen LogP contribution >= 0.6 is 12.4 Å². The number of ketones is 1. The van der Waals surface area contributed by atoms with Crippen molar-refractivity contribution in [1.82, 2.24) is 4.90 Å². The van der Waals surface area contributed by atoms with E-state index in [1.807, 2.05) is 0 Å². The summed E-state index contributed by atoms with van der Waals surface area (Å²) < 4.78 is 0. The van der Waals surface area contributed by atoms with Crippen molar-refractivity contribution in [2.75, 3.05) is 20.6 Å². The molecule has 0 aromatic heterocycles. The van der Waals surface area contributed by atoms with Crippen LogP contribution < -0.4 is 0 Å². The fourth-order valence-corrected chi connectivity index (χ4v) is 1.47. The van der Waals surface area contributed by atoms with Gasteiger partial charge in [-0.05, 0) is 20.2 Å². The molecule has 0 unspecified atom stereocenters. The largest absolute Gasteiger partial charge is 0.305 e. The minimum Gasteiger partial charge on any atom is -0.305 e. The van der Waals surface area contributed by atoms with Crippen LogP contribution in [0.5, 0.6) is 0 Å². The summed E-state index contributed by atoms with van der Waals surface area (Å²) in [6.07, 6.45) is 0. The number of benzene rings is 1. The quantitative estimate of drug-likeness (QED) is 0.356. The fraction of sp³-hybridized carbons (Fsp3) is 0.250. The van der Waals surface area contributed by atoms with E-state index in [9.17, 15) is 14.9 Å². The van der Waals surface area contributed by atoms with Gasteiger partial charge in [0.15, 0.2) is 5.78 Å². The van der Waals surface area contributed by atoms with Crippen molar-refractivity contribution in [3.8, 4) is 0 Å². The van der Waals surface area contributed by atoms with E-state index >= 15 is 0 Å². The molecule has 0 fully saturated rings. The Labute approximate surface area is 112 Å². The summed E-state index contributed by atoms with van der Waals surface area (Å²) in [4.78, 5) is 24.0. The molecule has 1 aromatic carbocycles. The molecule has 0 spiro atoms. The third-order valence-electron chi connectivity index (χ3n) is 2.17. The van der Waals surface area contributed by atoms with Crippen LogP contribution in [0.15, 0.2) is 36.4 Å². The summed E-state index contributed by atoms with van der Waals surface area (Å²) in [6, 6.07) is 5.89. The number of para-hydroxylation sites is 1. The number of halogens is 1. The lowest BCUT2D eigenvalue weighted by molar-refractivity contribution is -0.385. The van der Waals surface area contributed by atoms with Crippen molar-refractivity contribution in [3.63, 3.8) is 0 Å². The molecule has 0 radical (unpaired) electrons. The molecule has 0 bridgehead atoms. The number of rotatable bonds is 5. The summed E-state index contributed by atoms with van der Waals surface area (Å²) in [5.74, 6) is -0.383. The number of nitro benzene ring substituents is 1. The average Bonchev–Trinajstić information content (AvgIpc) is 2.27. The van der Waals surface area contributed by atoms with Crippen molar-refractivity contribution in [2.45, 2.75) is 0 Å². The Kier molecular flexibility index (Phi) is 6.22. The van der Waals surface area contributed by atoms with Crippen LogP contribution in [-0.4, -0.2) is 36.2 Å². The number of Topliss-reactive ketones (excluding diaryl/α,β-unsaturated/α-hetero) is 1. The van der Waals surface area contributed by atoms with Gasteiger partial charge in [0.1, 0.15) is 0 Å². The van der Waals surface area contributed by atoms with E-state index in [1.165, 1.54) is 18.2 Å². The molecule has 0 aliphatic heterocycles. The number of nitro groups is 1. The van der Waals surface area contributed by atoms with Crippen LogP contribution in [0.25, 0.3) is 0 Å². The Hall–Kier alpha value is -1.72. The monoisotopic (exact) mass is 270 g/mol. The fourth-order valence-electron chi connectivity index (χ4n) is 1.47. The van der Waals surface area contributed by atoms with Gasteiger partial charge in [-0.25, -0.2) is 0 Å². The number of hydrogen-bond donors (Lipinski definition) is 0. The minimum atomic E-state index is -0.559. The zero-order chi connectivity index (χ0) is 13.0. The SMILES string of the molecule is C=C(CN(C)C)C(=O)c1ccccc1[N+](=O)[O-].Cl. The number of carbonyl (C=O) groups excluding carboxylic acids is 1. The van der Waals surface area contributed by atoms with Crippen LogP contribution in [-0.2, 0) is 0 Å². The molecule has 18 heavy (non-hydrogen) atoms. The van der Waals surface area contributed by atoms with E-state index in [4.69, 9.17) is 0 Å². The maximum Gasteiger partial charge on any atom is 0.280 e. The Balaban J connectivity index is 0.00000289. The van der Waals surface area contributed by atoms with Crippen LogP contribution in [0.3, 0.4) is 0 Å². The summed E-state index contributed by atoms with van der Waals surface area (Å²) >= 11 is 0. The zero-order valence-corrected chi connectivity index (χ0v) is 11.1. The van der Waals surface area contributed by atoms with E-state index in [0.717, 1.165) is 0 Å². The van der Waals surface area contributed by atoms with Crippen molar-refractivity contribution in [3.05, 3.63) is 52.1 Å². The number of nitrogens with zero attached hydrogens (tertiary/aromatic N) is 2. The van der Waals surface area contributed by atoms with Gasteiger partial charge in [-0.15, -0.1) is 12.4 Å². The highest BCUT2D eigenvalue weighted by Gasteiger charge is 2.21. The topological polar surface area (TPSA) is 63.5 Å². The Morgan fingerprint density at radius 2 is 1.94 bits per heavy atom. The van der Waals surface area contributed by atoms with Gasteiger partial charge in [-0.1, -0.05) is 18.7 Å². The van der Waals surface area contributed by atoms with Gasteiger partial charge in [0.2, 0.25) is 0 Å². The molecule has 0 aliphatic rings. The molecular weight excluding hydrogens is 256 g/mol. The molecule has 0 saturated heterocycles. The highest BCUT2D eigenvalue weighted by atomic mass is 35.5. The molecule has 0 saturated carbocycles. The molecule has 6 heteroatoms. The molecule has 0 aliphatic carbocycles. The first-order valence-corrected chi connectivity index (χ1v) is 5.04. The third-order valence-corrected chi connectivity index (χ3v) is 2.17. The molecule has 0 heterocycles. The first-order valence-electron chi connectivity index (χ1n) is 5.04. The Morgan fingerprint density at radius 1 is 1.39 bits per heavy atom. The molecule has 1 rings (SSSR count). The molecule has 1 aromatic rings. The second-order valence-electron chi connectivity index (χ2n) is 3.94. The molecular formula is C12H15ClN2O3. The summed E-state index contributed by atoms with van der Waals surface area (Å²) in [5, 5.41) is 10.8. The standard InChI is InChI=1S/C12H14N2O3.ClH/c1-9(8-13(2)3)12(15)10-6-4-5-7-11(10)14(16)17;/h4-7H,1,8H2,2-3H3;1H. The predicted molar refractivity (Wildman–Crippen MR) is 72.4 cm³/mol. The second kappa shape index (κ2) is 6.88. The van der Waals surface area contributed by atoms with Gasteiger partial charge in [0.05, 0.1) is 10.5 Å². The van der Waals surface area contributed by atoms with E-state index in [0.29, 0.717) is 12.1 Å². The number of hydrogen-bond acceptors (Lipinski definition) is 4. The second-order valence-corrected chi connectivity index (χ2v) is 3.94. The zero-order valence-electron chi connectivity index (χ0n) is 10.3. The highest BCUT2D eigenvalue weighted by molar-refractivity contribution is 6.11. The summed E-state index contributed by atoms with van der Waals surface area (Å²) in [5.41, 5.74) is 0.242. The van der Waals surface area contributed by atoms with Gasteiger partial charge in [0, 0.05) is 18.2 Å². The molecule has 0 atom stereocenters. The maximum absolute atomic E-state index is 12.0. The highest BCUT2D eigenvalue weighted by Crippen LogP contribution is 2.20. The first-order chi connectivity index (χ1) is 7.93.